The Morgan fingerprint density at radius 3 is 2.35 bits per heavy atom. The number of aryl methyl sites for hydroxylation is 2. The van der Waals surface area contributed by atoms with Gasteiger partial charge in [0.15, 0.2) is 6.10 Å². The number of methoxy groups -OCH3 is 1. The first kappa shape index (κ1) is 16.9. The van der Waals surface area contributed by atoms with E-state index in [1.165, 1.54) is 0 Å². The van der Waals surface area contributed by atoms with Crippen LogP contribution in [0.3, 0.4) is 0 Å². The molecule has 122 valence electrons. The van der Waals surface area contributed by atoms with Crippen molar-refractivity contribution in [3.05, 3.63) is 53.6 Å². The quantitative estimate of drug-likeness (QED) is 0.873. The van der Waals surface area contributed by atoms with Gasteiger partial charge < -0.3 is 14.8 Å². The number of carbonyl (C=O) groups excluding carboxylic acids is 1. The van der Waals surface area contributed by atoms with Crippen molar-refractivity contribution < 1.29 is 14.3 Å². The molecular weight excluding hydrogens is 290 g/mol. The van der Waals surface area contributed by atoms with Crippen molar-refractivity contribution in [1.82, 2.24) is 0 Å². The van der Waals surface area contributed by atoms with E-state index in [1.54, 1.807) is 13.2 Å². The summed E-state index contributed by atoms with van der Waals surface area (Å²) in [5.41, 5.74) is 3.02. The third-order valence-electron chi connectivity index (χ3n) is 3.47. The van der Waals surface area contributed by atoms with Gasteiger partial charge in [-0.25, -0.2) is 0 Å². The Morgan fingerprint density at radius 1 is 1.09 bits per heavy atom. The van der Waals surface area contributed by atoms with E-state index in [2.05, 4.69) is 11.4 Å². The summed E-state index contributed by atoms with van der Waals surface area (Å²) in [6, 6.07) is 13.2. The van der Waals surface area contributed by atoms with Gasteiger partial charge in [0.1, 0.15) is 11.5 Å². The maximum atomic E-state index is 12.5. The van der Waals surface area contributed by atoms with Crippen molar-refractivity contribution in [2.24, 2.45) is 0 Å². The van der Waals surface area contributed by atoms with Gasteiger partial charge >= 0.3 is 0 Å². The molecule has 4 nitrogen and oxygen atoms in total. The second-order valence-corrected chi connectivity index (χ2v) is 5.56. The van der Waals surface area contributed by atoms with E-state index >= 15 is 0 Å². The van der Waals surface area contributed by atoms with Gasteiger partial charge in [0.2, 0.25) is 0 Å². The third kappa shape index (κ3) is 4.74. The lowest BCUT2D eigenvalue weighted by Crippen LogP contribution is -2.32. The van der Waals surface area contributed by atoms with Gasteiger partial charge in [-0.15, -0.1) is 0 Å². The van der Waals surface area contributed by atoms with Crippen LogP contribution in [0.5, 0.6) is 11.5 Å². The Morgan fingerprint density at radius 2 is 1.74 bits per heavy atom. The van der Waals surface area contributed by atoms with Crippen LogP contribution in [0.25, 0.3) is 0 Å². The Bertz CT molecular complexity index is 662. The minimum Gasteiger partial charge on any atom is -0.497 e. The number of benzene rings is 2. The van der Waals surface area contributed by atoms with Crippen molar-refractivity contribution in [2.45, 2.75) is 33.3 Å². The average Bonchev–Trinajstić information content (AvgIpc) is 2.51. The van der Waals surface area contributed by atoms with Gasteiger partial charge in [-0.2, -0.15) is 0 Å². The zero-order valence-electron chi connectivity index (χ0n) is 14.1. The summed E-state index contributed by atoms with van der Waals surface area (Å²) in [5, 5.41) is 2.93. The summed E-state index contributed by atoms with van der Waals surface area (Å²) in [6.07, 6.45) is 0.0244. The minimum absolute atomic E-state index is 0.152. The number of hydrogen-bond donors (Lipinski definition) is 1. The fourth-order valence-electron chi connectivity index (χ4n) is 2.43. The van der Waals surface area contributed by atoms with E-state index in [4.69, 9.17) is 9.47 Å². The number of hydrogen-bond acceptors (Lipinski definition) is 3. The fraction of sp³-hybridized carbons (Fsp3) is 0.316. The Labute approximate surface area is 137 Å². The van der Waals surface area contributed by atoms with Crippen LogP contribution in [0, 0.1) is 13.8 Å². The largest absolute Gasteiger partial charge is 0.497 e. The molecule has 4 heteroatoms. The predicted molar refractivity (Wildman–Crippen MR) is 92.2 cm³/mol. The Kier molecular flexibility index (Phi) is 5.63. The smallest absolute Gasteiger partial charge is 0.265 e. The molecule has 2 aromatic carbocycles. The summed E-state index contributed by atoms with van der Waals surface area (Å²) >= 11 is 0. The lowest BCUT2D eigenvalue weighted by molar-refractivity contribution is -0.122. The number of amides is 1. The van der Waals surface area contributed by atoms with E-state index in [1.807, 2.05) is 51.1 Å². The first-order chi connectivity index (χ1) is 11.0. The summed E-state index contributed by atoms with van der Waals surface area (Å²) in [4.78, 5) is 12.5. The van der Waals surface area contributed by atoms with Crippen molar-refractivity contribution in [2.75, 3.05) is 12.4 Å². The molecule has 0 aliphatic heterocycles. The van der Waals surface area contributed by atoms with Gasteiger partial charge in [-0.1, -0.05) is 19.1 Å². The van der Waals surface area contributed by atoms with Crippen molar-refractivity contribution in [1.29, 1.82) is 0 Å². The maximum absolute atomic E-state index is 12.5. The van der Waals surface area contributed by atoms with Gasteiger partial charge in [0, 0.05) is 11.8 Å². The molecule has 1 unspecified atom stereocenters. The molecule has 2 aromatic rings. The number of ether oxygens (including phenoxy) is 2. The fourth-order valence-corrected chi connectivity index (χ4v) is 2.43. The van der Waals surface area contributed by atoms with Crippen LogP contribution in [0.2, 0.25) is 0 Å². The molecule has 1 atom stereocenters. The molecule has 0 aliphatic rings. The van der Waals surface area contributed by atoms with E-state index < -0.39 is 6.10 Å². The van der Waals surface area contributed by atoms with Crippen LogP contribution in [0.15, 0.2) is 42.5 Å². The van der Waals surface area contributed by atoms with Crippen molar-refractivity contribution in [3.8, 4) is 11.5 Å². The maximum Gasteiger partial charge on any atom is 0.265 e. The summed E-state index contributed by atoms with van der Waals surface area (Å²) in [6.45, 7) is 5.94. The minimum atomic E-state index is -0.553. The molecule has 0 fully saturated rings. The standard InChI is InChI=1S/C19H23NO3/c1-5-18(23-17-8-6-7-16(12-17)22-4)19(21)20-15-10-13(2)9-14(3)11-15/h6-12,18H,5H2,1-4H3,(H,20,21). The SMILES string of the molecule is CCC(Oc1cccc(OC)c1)C(=O)Nc1cc(C)cc(C)c1. The highest BCUT2D eigenvalue weighted by Gasteiger charge is 2.19. The monoisotopic (exact) mass is 313 g/mol. The third-order valence-corrected chi connectivity index (χ3v) is 3.47. The van der Waals surface area contributed by atoms with E-state index in [-0.39, 0.29) is 5.91 Å². The molecule has 0 bridgehead atoms. The molecule has 0 spiro atoms. The number of anilines is 1. The van der Waals surface area contributed by atoms with E-state index in [9.17, 15) is 4.79 Å². The first-order valence-corrected chi connectivity index (χ1v) is 7.71. The second kappa shape index (κ2) is 7.68. The molecule has 23 heavy (non-hydrogen) atoms. The normalized spacial score (nSPS) is 11.7. The highest BCUT2D eigenvalue weighted by atomic mass is 16.5. The van der Waals surface area contributed by atoms with Crippen LogP contribution in [-0.2, 0) is 4.79 Å². The molecule has 2 rings (SSSR count). The molecule has 0 aliphatic carbocycles. The summed E-state index contributed by atoms with van der Waals surface area (Å²) in [7, 11) is 1.60. The zero-order valence-corrected chi connectivity index (χ0v) is 14.1. The van der Waals surface area contributed by atoms with Crippen LogP contribution in [0.1, 0.15) is 24.5 Å². The predicted octanol–water partition coefficient (Wildman–Crippen LogP) is 4.11. The van der Waals surface area contributed by atoms with E-state index in [0.29, 0.717) is 17.9 Å². The lowest BCUT2D eigenvalue weighted by atomic mass is 10.1. The average molecular weight is 313 g/mol. The van der Waals surface area contributed by atoms with Crippen LogP contribution in [0.4, 0.5) is 5.69 Å². The highest BCUT2D eigenvalue weighted by Crippen LogP contribution is 2.21. The Balaban J connectivity index is 2.08. The molecule has 1 amide bonds. The topological polar surface area (TPSA) is 47.6 Å². The highest BCUT2D eigenvalue weighted by molar-refractivity contribution is 5.94. The molecule has 0 radical (unpaired) electrons. The van der Waals surface area contributed by atoms with Gasteiger partial charge in [-0.05, 0) is 55.7 Å². The van der Waals surface area contributed by atoms with Crippen molar-refractivity contribution >= 4 is 11.6 Å². The van der Waals surface area contributed by atoms with Gasteiger partial charge in [0.05, 0.1) is 7.11 Å². The molecule has 1 N–H and O–H groups in total. The van der Waals surface area contributed by atoms with Crippen LogP contribution >= 0.6 is 0 Å². The van der Waals surface area contributed by atoms with Crippen molar-refractivity contribution in [3.63, 3.8) is 0 Å². The summed E-state index contributed by atoms with van der Waals surface area (Å²) in [5.74, 6) is 1.17. The molecule has 0 aromatic heterocycles. The first-order valence-electron chi connectivity index (χ1n) is 7.71. The number of nitrogens with one attached hydrogen (secondary N) is 1. The van der Waals surface area contributed by atoms with E-state index in [0.717, 1.165) is 16.8 Å². The summed E-state index contributed by atoms with van der Waals surface area (Å²) < 4.78 is 11.0. The van der Waals surface area contributed by atoms with Crippen LogP contribution < -0.4 is 14.8 Å². The number of rotatable bonds is 6. The van der Waals surface area contributed by atoms with Crippen LogP contribution in [-0.4, -0.2) is 19.1 Å². The second-order valence-electron chi connectivity index (χ2n) is 5.56. The van der Waals surface area contributed by atoms with Gasteiger partial charge in [-0.3, -0.25) is 4.79 Å². The molecule has 0 saturated heterocycles. The number of carbonyl (C=O) groups is 1. The Hall–Kier alpha value is -2.49. The van der Waals surface area contributed by atoms with Gasteiger partial charge in [0.25, 0.3) is 5.91 Å². The lowest BCUT2D eigenvalue weighted by Gasteiger charge is -2.18. The molecular formula is C19H23NO3. The molecule has 0 heterocycles. The zero-order chi connectivity index (χ0) is 16.8. The molecule has 0 saturated carbocycles.